The molecule has 1 heterocycles. The number of rotatable bonds is 1. The maximum Gasteiger partial charge on any atom is 0.143 e. The first kappa shape index (κ1) is 7.44. The van der Waals surface area contributed by atoms with Crippen LogP contribution in [0.3, 0.4) is 0 Å². The summed E-state index contributed by atoms with van der Waals surface area (Å²) in [6, 6.07) is 0. The van der Waals surface area contributed by atoms with Gasteiger partial charge in [0.2, 0.25) is 0 Å². The molecular formula is C6H10ClN3. The Morgan fingerprint density at radius 3 is 2.80 bits per heavy atom. The summed E-state index contributed by atoms with van der Waals surface area (Å²) >= 11 is 5.90. The molecule has 0 aromatic rings. The van der Waals surface area contributed by atoms with Crippen molar-refractivity contribution in [3.63, 3.8) is 0 Å². The first-order valence-corrected chi connectivity index (χ1v) is 3.36. The molecule has 5 N–H and O–H groups in total. The van der Waals surface area contributed by atoms with E-state index in [0.29, 0.717) is 12.2 Å². The second-order valence-electron chi connectivity index (χ2n) is 2.19. The van der Waals surface area contributed by atoms with E-state index in [0.717, 1.165) is 0 Å². The van der Waals surface area contributed by atoms with Crippen molar-refractivity contribution >= 4 is 11.6 Å². The van der Waals surface area contributed by atoms with E-state index < -0.39 is 5.00 Å². The number of nitrogens with one attached hydrogen (secondary N) is 1. The third-order valence-electron chi connectivity index (χ3n) is 1.32. The molecule has 1 atom stereocenters. The average molecular weight is 160 g/mol. The number of hydrogen-bond donors (Lipinski definition) is 3. The van der Waals surface area contributed by atoms with Gasteiger partial charge in [-0.25, -0.2) is 0 Å². The van der Waals surface area contributed by atoms with Crippen LogP contribution in [-0.4, -0.2) is 11.5 Å². The van der Waals surface area contributed by atoms with Gasteiger partial charge in [-0.15, -0.1) is 0 Å². The van der Waals surface area contributed by atoms with Gasteiger partial charge < -0.3 is 16.8 Å². The second-order valence-corrected chi connectivity index (χ2v) is 2.86. The minimum atomic E-state index is -0.636. The van der Waals surface area contributed by atoms with Gasteiger partial charge in [0, 0.05) is 18.4 Å². The summed E-state index contributed by atoms with van der Waals surface area (Å²) in [5, 5.41) is 2.86. The highest BCUT2D eigenvalue weighted by Gasteiger charge is 2.21. The third-order valence-corrected chi connectivity index (χ3v) is 1.71. The molecule has 1 aliphatic rings. The second kappa shape index (κ2) is 2.52. The Kier molecular flexibility index (Phi) is 1.87. The molecule has 10 heavy (non-hydrogen) atoms. The first-order valence-electron chi connectivity index (χ1n) is 2.98. The molecule has 3 nitrogen and oxygen atoms in total. The van der Waals surface area contributed by atoms with Crippen molar-refractivity contribution in [2.24, 2.45) is 11.5 Å². The predicted octanol–water partition coefficient (Wildman–Crippen LogP) is -0.160. The minimum Gasteiger partial charge on any atom is -0.398 e. The van der Waals surface area contributed by atoms with E-state index in [4.69, 9.17) is 23.1 Å². The molecule has 0 spiro atoms. The zero-order valence-electron chi connectivity index (χ0n) is 5.47. The molecule has 0 amide bonds. The number of dihydropyridines is 1. The molecule has 0 radical (unpaired) electrons. The smallest absolute Gasteiger partial charge is 0.143 e. The van der Waals surface area contributed by atoms with Gasteiger partial charge in [0.25, 0.3) is 0 Å². The van der Waals surface area contributed by atoms with Crippen molar-refractivity contribution in [3.05, 3.63) is 24.0 Å². The quantitative estimate of drug-likeness (QED) is 0.368. The van der Waals surface area contributed by atoms with Crippen molar-refractivity contribution < 1.29 is 0 Å². The molecule has 1 unspecified atom stereocenters. The van der Waals surface area contributed by atoms with E-state index in [2.05, 4.69) is 5.32 Å². The average Bonchev–Trinajstić information content (AvgIpc) is 1.96. The molecule has 0 aromatic heterocycles. The lowest BCUT2D eigenvalue weighted by Crippen LogP contribution is -2.43. The fourth-order valence-electron chi connectivity index (χ4n) is 0.655. The lowest BCUT2D eigenvalue weighted by Gasteiger charge is -2.24. The Morgan fingerprint density at radius 2 is 2.40 bits per heavy atom. The summed E-state index contributed by atoms with van der Waals surface area (Å²) in [4.78, 5) is -0.636. The van der Waals surface area contributed by atoms with Gasteiger partial charge in [-0.1, -0.05) is 11.6 Å². The molecular weight excluding hydrogens is 150 g/mol. The Labute approximate surface area is 64.7 Å². The highest BCUT2D eigenvalue weighted by atomic mass is 35.5. The topological polar surface area (TPSA) is 64.1 Å². The zero-order valence-corrected chi connectivity index (χ0v) is 6.23. The van der Waals surface area contributed by atoms with Crippen LogP contribution < -0.4 is 16.8 Å². The number of halogens is 1. The van der Waals surface area contributed by atoms with Gasteiger partial charge in [0.15, 0.2) is 0 Å². The van der Waals surface area contributed by atoms with Crippen LogP contribution in [0.5, 0.6) is 0 Å². The molecule has 0 fully saturated rings. The lowest BCUT2D eigenvalue weighted by atomic mass is 10.2. The highest BCUT2D eigenvalue weighted by Crippen LogP contribution is 2.15. The van der Waals surface area contributed by atoms with Crippen LogP contribution in [0.4, 0.5) is 0 Å². The normalized spacial score (nSPS) is 31.2. The summed E-state index contributed by atoms with van der Waals surface area (Å²) in [6.07, 6.45) is 5.11. The molecule has 0 saturated heterocycles. The monoisotopic (exact) mass is 159 g/mol. The van der Waals surface area contributed by atoms with Crippen molar-refractivity contribution in [2.75, 3.05) is 6.54 Å². The van der Waals surface area contributed by atoms with Crippen molar-refractivity contribution in [2.45, 2.75) is 5.00 Å². The van der Waals surface area contributed by atoms with Crippen LogP contribution in [0.15, 0.2) is 24.0 Å². The Bertz CT molecular complexity index is 187. The Hall–Kier alpha value is -0.670. The van der Waals surface area contributed by atoms with E-state index in [9.17, 15) is 0 Å². The van der Waals surface area contributed by atoms with E-state index >= 15 is 0 Å². The SMILES string of the molecule is NCC1(Cl)C=CC(N)=CN1. The van der Waals surface area contributed by atoms with E-state index in [1.54, 1.807) is 18.4 Å². The fourth-order valence-corrected chi connectivity index (χ4v) is 0.772. The van der Waals surface area contributed by atoms with Crippen LogP contribution in [-0.2, 0) is 0 Å². The molecule has 0 aliphatic carbocycles. The van der Waals surface area contributed by atoms with E-state index in [-0.39, 0.29) is 0 Å². The van der Waals surface area contributed by atoms with Gasteiger partial charge in [-0.3, -0.25) is 0 Å². The predicted molar refractivity (Wildman–Crippen MR) is 42.2 cm³/mol. The van der Waals surface area contributed by atoms with Gasteiger partial charge in [-0.05, 0) is 12.2 Å². The summed E-state index contributed by atoms with van der Waals surface area (Å²) in [7, 11) is 0. The molecule has 1 rings (SSSR count). The molecule has 1 aliphatic heterocycles. The summed E-state index contributed by atoms with van der Waals surface area (Å²) in [6.45, 7) is 0.342. The highest BCUT2D eigenvalue weighted by molar-refractivity contribution is 6.25. The lowest BCUT2D eigenvalue weighted by molar-refractivity contribution is 0.628. The van der Waals surface area contributed by atoms with Gasteiger partial charge in [-0.2, -0.15) is 0 Å². The number of nitrogens with two attached hydrogens (primary N) is 2. The van der Waals surface area contributed by atoms with Crippen molar-refractivity contribution in [1.29, 1.82) is 0 Å². The Balaban J connectivity index is 2.67. The van der Waals surface area contributed by atoms with Crippen LogP contribution in [0.2, 0.25) is 0 Å². The summed E-state index contributed by atoms with van der Waals surface area (Å²) < 4.78 is 0. The van der Waals surface area contributed by atoms with Crippen LogP contribution in [0, 0.1) is 0 Å². The van der Waals surface area contributed by atoms with Gasteiger partial charge in [0.1, 0.15) is 5.00 Å². The standard InChI is InChI=1S/C6H10ClN3/c7-6(4-8)2-1-5(9)3-10-6/h1-3,10H,4,8-9H2. The molecule has 0 saturated carbocycles. The summed E-state index contributed by atoms with van der Waals surface area (Å²) in [5.41, 5.74) is 11.4. The molecule has 0 bridgehead atoms. The van der Waals surface area contributed by atoms with E-state index in [1.807, 2.05) is 0 Å². The number of allylic oxidation sites excluding steroid dienone is 1. The van der Waals surface area contributed by atoms with Gasteiger partial charge >= 0.3 is 0 Å². The first-order chi connectivity index (χ1) is 4.66. The third kappa shape index (κ3) is 1.43. The Morgan fingerprint density at radius 1 is 1.70 bits per heavy atom. The van der Waals surface area contributed by atoms with Crippen molar-refractivity contribution in [1.82, 2.24) is 5.32 Å². The molecule has 4 heteroatoms. The van der Waals surface area contributed by atoms with Crippen LogP contribution in [0.1, 0.15) is 0 Å². The number of alkyl halides is 1. The minimum absolute atomic E-state index is 0.342. The summed E-state index contributed by atoms with van der Waals surface area (Å²) in [5.74, 6) is 0. The fraction of sp³-hybridized carbons (Fsp3) is 0.333. The molecule has 0 aromatic carbocycles. The van der Waals surface area contributed by atoms with Gasteiger partial charge in [0.05, 0.1) is 0 Å². The van der Waals surface area contributed by atoms with E-state index in [1.165, 1.54) is 0 Å². The maximum atomic E-state index is 5.90. The van der Waals surface area contributed by atoms with Crippen molar-refractivity contribution in [3.8, 4) is 0 Å². The maximum absolute atomic E-state index is 5.90. The molecule has 56 valence electrons. The van der Waals surface area contributed by atoms with Crippen LogP contribution >= 0.6 is 11.6 Å². The number of hydrogen-bond acceptors (Lipinski definition) is 3. The largest absolute Gasteiger partial charge is 0.398 e. The zero-order chi connectivity index (χ0) is 7.61. The van der Waals surface area contributed by atoms with Crippen LogP contribution in [0.25, 0.3) is 0 Å².